The van der Waals surface area contributed by atoms with Gasteiger partial charge in [-0.15, -0.1) is 0 Å². The van der Waals surface area contributed by atoms with E-state index >= 15 is 0 Å². The number of aromatic nitrogens is 2. The smallest absolute Gasteiger partial charge is 0.326 e. The van der Waals surface area contributed by atoms with Crippen LogP contribution in [0.2, 0.25) is 0 Å². The zero-order valence-corrected chi connectivity index (χ0v) is 11.2. The lowest BCUT2D eigenvalue weighted by Gasteiger charge is -2.24. The summed E-state index contributed by atoms with van der Waals surface area (Å²) in [5.74, 6) is -1.39. The summed E-state index contributed by atoms with van der Waals surface area (Å²) < 4.78 is 4.84. The first kappa shape index (κ1) is 14.5. The van der Waals surface area contributed by atoms with Gasteiger partial charge in [-0.05, 0) is 0 Å². The van der Waals surface area contributed by atoms with E-state index < -0.39 is 18.1 Å². The van der Waals surface area contributed by atoms with Gasteiger partial charge in [-0.1, -0.05) is 0 Å². The third-order valence-electron chi connectivity index (χ3n) is 3.27. The van der Waals surface area contributed by atoms with E-state index in [0.717, 1.165) is 11.4 Å². The molecule has 2 atom stereocenters. The molecule has 0 spiro atoms. The maximum atomic E-state index is 12.1. The Morgan fingerprint density at radius 3 is 3.15 bits per heavy atom. The van der Waals surface area contributed by atoms with Crippen LogP contribution >= 0.6 is 0 Å². The Bertz CT molecular complexity index is 488. The van der Waals surface area contributed by atoms with Gasteiger partial charge in [0.05, 0.1) is 23.8 Å². The Morgan fingerprint density at radius 1 is 1.65 bits per heavy atom. The monoisotopic (exact) mass is 282 g/mol. The van der Waals surface area contributed by atoms with E-state index in [9.17, 15) is 9.59 Å². The summed E-state index contributed by atoms with van der Waals surface area (Å²) in [5.41, 5.74) is 1.80. The maximum Gasteiger partial charge on any atom is 0.326 e. The Labute approximate surface area is 115 Å². The summed E-state index contributed by atoms with van der Waals surface area (Å²) in [6.45, 7) is 0.794. The van der Waals surface area contributed by atoms with Gasteiger partial charge in [0, 0.05) is 33.1 Å². The molecule has 1 aromatic heterocycles. The number of imidazole rings is 1. The summed E-state index contributed by atoms with van der Waals surface area (Å²) in [7, 11) is 1.49. The second-order valence-corrected chi connectivity index (χ2v) is 4.65. The highest BCUT2D eigenvalue weighted by Gasteiger charge is 2.28. The van der Waals surface area contributed by atoms with Gasteiger partial charge in [0.2, 0.25) is 5.91 Å². The lowest BCUT2D eigenvalue weighted by atomic mass is 10.0. The molecule has 2 rings (SSSR count). The summed E-state index contributed by atoms with van der Waals surface area (Å²) in [6.07, 6.45) is 2.27. The molecule has 20 heavy (non-hydrogen) atoms. The molecule has 0 fully saturated rings. The van der Waals surface area contributed by atoms with Crippen LogP contribution < -0.4 is 10.6 Å². The number of hydrogen-bond acceptors (Lipinski definition) is 5. The van der Waals surface area contributed by atoms with Gasteiger partial charge < -0.3 is 20.1 Å². The van der Waals surface area contributed by atoms with Crippen LogP contribution in [0.5, 0.6) is 0 Å². The third kappa shape index (κ3) is 3.34. The number of fused-ring (bicyclic) bond motifs is 1. The van der Waals surface area contributed by atoms with Crippen molar-refractivity contribution in [3.63, 3.8) is 0 Å². The zero-order valence-electron chi connectivity index (χ0n) is 11.2. The minimum atomic E-state index is -1.06. The molecule has 0 aromatic carbocycles. The van der Waals surface area contributed by atoms with Crippen molar-refractivity contribution < 1.29 is 19.4 Å². The fraction of sp³-hybridized carbons (Fsp3) is 0.583. The third-order valence-corrected chi connectivity index (χ3v) is 3.27. The first-order chi connectivity index (χ1) is 9.61. The number of ether oxygens (including phenoxy) is 1. The predicted molar refractivity (Wildman–Crippen MR) is 69.0 cm³/mol. The number of H-pyrrole nitrogens is 1. The molecule has 1 aliphatic heterocycles. The highest BCUT2D eigenvalue weighted by molar-refractivity contribution is 5.87. The van der Waals surface area contributed by atoms with E-state index in [4.69, 9.17) is 9.84 Å². The summed E-state index contributed by atoms with van der Waals surface area (Å²) in [6, 6.07) is -1.40. The molecule has 8 heteroatoms. The van der Waals surface area contributed by atoms with Crippen LogP contribution in [0.15, 0.2) is 6.33 Å². The largest absolute Gasteiger partial charge is 0.480 e. The van der Waals surface area contributed by atoms with Crippen LogP contribution in [-0.2, 0) is 27.3 Å². The average Bonchev–Trinajstić information content (AvgIpc) is 2.90. The molecule has 0 bridgehead atoms. The minimum absolute atomic E-state index is 0.234. The van der Waals surface area contributed by atoms with E-state index in [1.807, 2.05) is 0 Å². The van der Waals surface area contributed by atoms with Crippen LogP contribution in [0.1, 0.15) is 17.8 Å². The molecule has 1 amide bonds. The van der Waals surface area contributed by atoms with Gasteiger partial charge >= 0.3 is 5.97 Å². The fourth-order valence-corrected chi connectivity index (χ4v) is 2.12. The summed E-state index contributed by atoms with van der Waals surface area (Å²) in [5, 5.41) is 14.6. The summed E-state index contributed by atoms with van der Waals surface area (Å²) >= 11 is 0. The van der Waals surface area contributed by atoms with Crippen LogP contribution in [0.25, 0.3) is 0 Å². The number of methoxy groups -OCH3 is 1. The normalized spacial score (nSPS) is 19.1. The van der Waals surface area contributed by atoms with Gasteiger partial charge in [-0.2, -0.15) is 0 Å². The Hall–Kier alpha value is -1.93. The number of aliphatic carboxylic acids is 1. The van der Waals surface area contributed by atoms with Crippen molar-refractivity contribution in [3.05, 3.63) is 17.7 Å². The molecule has 0 aliphatic carbocycles. The Balaban J connectivity index is 1.92. The van der Waals surface area contributed by atoms with E-state index in [0.29, 0.717) is 13.0 Å². The molecule has 4 N–H and O–H groups in total. The second kappa shape index (κ2) is 6.49. The van der Waals surface area contributed by atoms with Crippen molar-refractivity contribution >= 4 is 11.9 Å². The van der Waals surface area contributed by atoms with Crippen molar-refractivity contribution in [2.24, 2.45) is 0 Å². The first-order valence-electron chi connectivity index (χ1n) is 6.38. The van der Waals surface area contributed by atoms with Gasteiger partial charge in [0.25, 0.3) is 0 Å². The number of carbonyl (C=O) groups excluding carboxylic acids is 1. The quantitative estimate of drug-likeness (QED) is 0.533. The van der Waals surface area contributed by atoms with E-state index in [1.54, 1.807) is 6.33 Å². The van der Waals surface area contributed by atoms with Gasteiger partial charge in [0.1, 0.15) is 6.04 Å². The van der Waals surface area contributed by atoms with Crippen LogP contribution in [0.4, 0.5) is 0 Å². The second-order valence-electron chi connectivity index (χ2n) is 4.65. The minimum Gasteiger partial charge on any atom is -0.480 e. The molecule has 0 radical (unpaired) electrons. The summed E-state index contributed by atoms with van der Waals surface area (Å²) in [4.78, 5) is 30.3. The number of nitrogens with one attached hydrogen (secondary N) is 3. The molecular formula is C12H18N4O4. The number of carboxylic acids is 1. The van der Waals surface area contributed by atoms with Crippen molar-refractivity contribution in [3.8, 4) is 0 Å². The molecular weight excluding hydrogens is 264 g/mol. The lowest BCUT2D eigenvalue weighted by molar-refractivity contribution is -0.142. The topological polar surface area (TPSA) is 116 Å². The highest BCUT2D eigenvalue weighted by atomic mass is 16.5. The number of carbonyl (C=O) groups is 2. The van der Waals surface area contributed by atoms with E-state index in [2.05, 4.69) is 20.6 Å². The Kier molecular flexibility index (Phi) is 4.70. The number of rotatable bonds is 6. The van der Waals surface area contributed by atoms with Crippen LogP contribution in [0, 0.1) is 0 Å². The number of aromatic amines is 1. The van der Waals surface area contributed by atoms with Gasteiger partial charge in [-0.25, -0.2) is 9.78 Å². The molecule has 8 nitrogen and oxygen atoms in total. The van der Waals surface area contributed by atoms with Crippen LogP contribution in [0.3, 0.4) is 0 Å². The van der Waals surface area contributed by atoms with E-state index in [-0.39, 0.29) is 18.9 Å². The number of carboxylic acid groups (broad SMARTS) is 1. The molecule has 2 unspecified atom stereocenters. The zero-order chi connectivity index (χ0) is 14.5. The number of amides is 1. The SMILES string of the molecule is COCCC(NC(=O)C1Cc2nc[nH]c2CN1)C(=O)O. The molecule has 110 valence electrons. The molecule has 2 heterocycles. The van der Waals surface area contributed by atoms with Gasteiger partial charge in [-0.3, -0.25) is 10.1 Å². The maximum absolute atomic E-state index is 12.1. The highest BCUT2D eigenvalue weighted by Crippen LogP contribution is 2.12. The first-order valence-corrected chi connectivity index (χ1v) is 6.38. The van der Waals surface area contributed by atoms with Crippen molar-refractivity contribution in [1.29, 1.82) is 0 Å². The lowest BCUT2D eigenvalue weighted by Crippen LogP contribution is -2.52. The standard InChI is InChI=1S/C12H18N4O4/c1-20-3-2-7(12(18)19)16-11(17)9-4-8-10(5-13-9)15-6-14-8/h6-7,9,13H,2-5H2,1H3,(H,14,15)(H,16,17)(H,18,19). The van der Waals surface area contributed by atoms with E-state index in [1.165, 1.54) is 7.11 Å². The van der Waals surface area contributed by atoms with Crippen molar-refractivity contribution in [2.45, 2.75) is 31.5 Å². The molecule has 1 aliphatic rings. The number of nitrogens with zero attached hydrogens (tertiary/aromatic N) is 1. The molecule has 0 saturated carbocycles. The molecule has 0 saturated heterocycles. The van der Waals surface area contributed by atoms with Gasteiger partial charge in [0.15, 0.2) is 0 Å². The van der Waals surface area contributed by atoms with Crippen molar-refractivity contribution in [2.75, 3.05) is 13.7 Å². The number of hydrogen-bond donors (Lipinski definition) is 4. The predicted octanol–water partition coefficient (Wildman–Crippen LogP) is -0.970. The van der Waals surface area contributed by atoms with Crippen LogP contribution in [-0.4, -0.2) is 52.8 Å². The van der Waals surface area contributed by atoms with Crippen molar-refractivity contribution in [1.82, 2.24) is 20.6 Å². The molecule has 1 aromatic rings. The Morgan fingerprint density at radius 2 is 2.45 bits per heavy atom. The fourth-order valence-electron chi connectivity index (χ4n) is 2.12. The average molecular weight is 282 g/mol.